The number of carbonyl (C=O) groups is 1. The Kier molecular flexibility index (Phi) is 1.84. The van der Waals surface area contributed by atoms with Crippen LogP contribution in [0.5, 0.6) is 5.75 Å². The molecule has 0 saturated carbocycles. The molecule has 0 saturated heterocycles. The lowest BCUT2D eigenvalue weighted by Gasteiger charge is -2.00. The zero-order chi connectivity index (χ0) is 9.42. The van der Waals surface area contributed by atoms with E-state index >= 15 is 0 Å². The van der Waals surface area contributed by atoms with Crippen LogP contribution in [0, 0.1) is 0 Å². The average molecular weight is 199 g/mol. The number of hydrogen-bond acceptors (Lipinski definition) is 4. The molecule has 0 aromatic carbocycles. The summed E-state index contributed by atoms with van der Waals surface area (Å²) in [6.07, 6.45) is 2.73. The molecule has 0 amide bonds. The smallest absolute Gasteiger partial charge is 0.350 e. The summed E-state index contributed by atoms with van der Waals surface area (Å²) in [7, 11) is 0. The fourth-order valence-corrected chi connectivity index (χ4v) is 2.36. The standard InChI is InChI=1S/C7H6N2O3S/c10-5-1-8-3-9-4(7(11)12)2-13-6(5)9/h1,3-4H,2H2,(H-,10,11,12)/p+1. The average Bonchev–Trinajstić information content (AvgIpc) is 2.48. The zero-order valence-corrected chi connectivity index (χ0v) is 7.36. The van der Waals surface area contributed by atoms with Crippen LogP contribution >= 0.6 is 11.8 Å². The van der Waals surface area contributed by atoms with E-state index in [1.807, 2.05) is 0 Å². The Hall–Kier alpha value is -1.30. The van der Waals surface area contributed by atoms with Crippen molar-refractivity contribution in [3.8, 4) is 5.75 Å². The van der Waals surface area contributed by atoms with Gasteiger partial charge in [-0.1, -0.05) is 16.7 Å². The summed E-state index contributed by atoms with van der Waals surface area (Å²) in [5, 5.41) is 18.7. The van der Waals surface area contributed by atoms with Gasteiger partial charge in [0.25, 0.3) is 6.33 Å². The molecule has 68 valence electrons. The van der Waals surface area contributed by atoms with Crippen molar-refractivity contribution < 1.29 is 19.6 Å². The van der Waals surface area contributed by atoms with Gasteiger partial charge in [-0.15, -0.1) is 0 Å². The number of rotatable bonds is 1. The summed E-state index contributed by atoms with van der Waals surface area (Å²) in [5.74, 6) is -0.422. The van der Waals surface area contributed by atoms with Gasteiger partial charge in [0.05, 0.1) is 5.75 Å². The number of aromatic hydroxyl groups is 1. The maximum Gasteiger partial charge on any atom is 0.350 e. The third-order valence-electron chi connectivity index (χ3n) is 1.84. The van der Waals surface area contributed by atoms with Gasteiger partial charge in [0, 0.05) is 0 Å². The molecule has 13 heavy (non-hydrogen) atoms. The Balaban J connectivity index is 2.49. The molecule has 2 rings (SSSR count). The number of hydrogen-bond donors (Lipinski definition) is 2. The van der Waals surface area contributed by atoms with Crippen LogP contribution in [0.25, 0.3) is 0 Å². The first-order chi connectivity index (χ1) is 6.20. The van der Waals surface area contributed by atoms with E-state index < -0.39 is 12.0 Å². The third kappa shape index (κ3) is 1.23. The molecule has 1 aliphatic rings. The summed E-state index contributed by atoms with van der Waals surface area (Å²) in [4.78, 5) is 14.5. The second kappa shape index (κ2) is 2.88. The van der Waals surface area contributed by atoms with Crippen LogP contribution in [0.15, 0.2) is 17.6 Å². The zero-order valence-electron chi connectivity index (χ0n) is 6.54. The van der Waals surface area contributed by atoms with Crippen molar-refractivity contribution in [1.29, 1.82) is 0 Å². The number of fused-ring (bicyclic) bond motifs is 1. The molecule has 0 fully saturated rings. The third-order valence-corrected chi connectivity index (χ3v) is 3.02. The van der Waals surface area contributed by atoms with Crippen molar-refractivity contribution in [2.75, 3.05) is 5.75 Å². The first kappa shape index (κ1) is 8.31. The van der Waals surface area contributed by atoms with Gasteiger partial charge in [-0.05, 0) is 0 Å². The maximum absolute atomic E-state index is 10.7. The minimum absolute atomic E-state index is 0.0382. The van der Waals surface area contributed by atoms with Crippen LogP contribution in [0.3, 0.4) is 0 Å². The molecule has 0 aliphatic carbocycles. The molecule has 0 bridgehead atoms. The van der Waals surface area contributed by atoms with Gasteiger partial charge in [-0.3, -0.25) is 0 Å². The van der Waals surface area contributed by atoms with E-state index in [1.54, 1.807) is 0 Å². The highest BCUT2D eigenvalue weighted by molar-refractivity contribution is 7.99. The SMILES string of the molecule is O=C(O)C1CSc2c(O)cnc[n+]21. The van der Waals surface area contributed by atoms with Gasteiger partial charge in [-0.2, -0.15) is 0 Å². The van der Waals surface area contributed by atoms with E-state index in [4.69, 9.17) is 5.11 Å². The van der Waals surface area contributed by atoms with E-state index in [9.17, 15) is 9.90 Å². The molecule has 1 unspecified atom stereocenters. The van der Waals surface area contributed by atoms with Gasteiger partial charge in [0.2, 0.25) is 16.8 Å². The van der Waals surface area contributed by atoms with Crippen molar-refractivity contribution in [3.63, 3.8) is 0 Å². The second-order valence-corrected chi connectivity index (χ2v) is 3.67. The van der Waals surface area contributed by atoms with E-state index in [0.717, 1.165) is 0 Å². The van der Waals surface area contributed by atoms with Gasteiger partial charge in [0.1, 0.15) is 0 Å². The summed E-state index contributed by atoms with van der Waals surface area (Å²) < 4.78 is 1.47. The molecule has 5 nitrogen and oxygen atoms in total. The second-order valence-electron chi connectivity index (χ2n) is 2.66. The fraction of sp³-hybridized carbons (Fsp3) is 0.286. The number of nitrogens with zero attached hydrogens (tertiary/aromatic N) is 2. The van der Waals surface area contributed by atoms with Gasteiger partial charge in [0.15, 0.2) is 6.20 Å². The molecule has 1 aromatic heterocycles. The molecule has 6 heteroatoms. The van der Waals surface area contributed by atoms with Crippen molar-refractivity contribution in [3.05, 3.63) is 12.5 Å². The number of aromatic nitrogens is 2. The molecule has 0 radical (unpaired) electrons. The summed E-state index contributed by atoms with van der Waals surface area (Å²) in [6.45, 7) is 0. The number of thioether (sulfide) groups is 1. The van der Waals surface area contributed by atoms with Gasteiger partial charge >= 0.3 is 5.97 Å². The summed E-state index contributed by atoms with van der Waals surface area (Å²) >= 11 is 1.32. The highest BCUT2D eigenvalue weighted by Crippen LogP contribution is 2.31. The Morgan fingerprint density at radius 3 is 3.23 bits per heavy atom. The predicted octanol–water partition coefficient (Wildman–Crippen LogP) is -0.194. The molecular weight excluding hydrogens is 192 g/mol. The monoisotopic (exact) mass is 199 g/mol. The lowest BCUT2D eigenvalue weighted by molar-refractivity contribution is -0.739. The highest BCUT2D eigenvalue weighted by Gasteiger charge is 2.35. The Labute approximate surface area is 78.0 Å². The van der Waals surface area contributed by atoms with E-state index in [0.29, 0.717) is 10.8 Å². The summed E-state index contributed by atoms with van der Waals surface area (Å²) in [5.41, 5.74) is 0. The fourth-order valence-electron chi connectivity index (χ4n) is 1.21. The molecule has 2 heterocycles. The maximum atomic E-state index is 10.7. The van der Waals surface area contributed by atoms with Crippen molar-refractivity contribution in [2.24, 2.45) is 0 Å². The van der Waals surface area contributed by atoms with Crippen LogP contribution in [0.4, 0.5) is 0 Å². The van der Waals surface area contributed by atoms with Crippen LogP contribution < -0.4 is 4.57 Å². The van der Waals surface area contributed by atoms with Crippen molar-refractivity contribution in [2.45, 2.75) is 11.1 Å². The van der Waals surface area contributed by atoms with Crippen molar-refractivity contribution in [1.82, 2.24) is 4.98 Å². The molecule has 1 aromatic rings. The highest BCUT2D eigenvalue weighted by atomic mass is 32.2. The van der Waals surface area contributed by atoms with Crippen LogP contribution in [-0.4, -0.2) is 26.9 Å². The van der Waals surface area contributed by atoms with E-state index in [2.05, 4.69) is 4.98 Å². The lowest BCUT2D eigenvalue weighted by Crippen LogP contribution is -2.43. The molecule has 1 aliphatic heterocycles. The topological polar surface area (TPSA) is 74.3 Å². The van der Waals surface area contributed by atoms with Gasteiger partial charge in [-0.25, -0.2) is 9.36 Å². The number of carboxylic acid groups (broad SMARTS) is 1. The molecule has 2 N–H and O–H groups in total. The first-order valence-corrected chi connectivity index (χ1v) is 4.62. The normalized spacial score (nSPS) is 19.8. The first-order valence-electron chi connectivity index (χ1n) is 3.64. The number of carboxylic acids is 1. The molecular formula is C7H7N2O3S+. The molecule has 0 spiro atoms. The van der Waals surface area contributed by atoms with Crippen LogP contribution in [0.2, 0.25) is 0 Å². The van der Waals surface area contributed by atoms with Crippen LogP contribution in [-0.2, 0) is 4.79 Å². The minimum Gasteiger partial charge on any atom is -0.501 e. The Morgan fingerprint density at radius 1 is 1.77 bits per heavy atom. The lowest BCUT2D eigenvalue weighted by atomic mass is 10.3. The predicted molar refractivity (Wildman–Crippen MR) is 43.5 cm³/mol. The van der Waals surface area contributed by atoms with E-state index in [1.165, 1.54) is 28.9 Å². The summed E-state index contributed by atoms with van der Waals surface area (Å²) in [6, 6.07) is -0.611. The Morgan fingerprint density at radius 2 is 2.54 bits per heavy atom. The Bertz CT molecular complexity index is 369. The quantitative estimate of drug-likeness (QED) is 0.484. The number of aliphatic carboxylic acids is 1. The van der Waals surface area contributed by atoms with Gasteiger partial charge < -0.3 is 10.2 Å². The molecule has 1 atom stereocenters. The van der Waals surface area contributed by atoms with Crippen molar-refractivity contribution >= 4 is 17.7 Å². The largest absolute Gasteiger partial charge is 0.501 e. The minimum atomic E-state index is -0.899. The van der Waals surface area contributed by atoms with Crippen LogP contribution in [0.1, 0.15) is 6.04 Å². The van der Waals surface area contributed by atoms with E-state index in [-0.39, 0.29) is 5.75 Å².